The summed E-state index contributed by atoms with van der Waals surface area (Å²) in [5.41, 5.74) is 0.647. The molecule has 2 aromatic rings. The molecule has 108 valence electrons. The predicted molar refractivity (Wildman–Crippen MR) is 73.3 cm³/mol. The van der Waals surface area contributed by atoms with Crippen molar-refractivity contribution in [2.75, 3.05) is 0 Å². The number of aromatic carboxylic acids is 1. The highest BCUT2D eigenvalue weighted by Crippen LogP contribution is 2.20. The van der Waals surface area contributed by atoms with Gasteiger partial charge in [0.1, 0.15) is 15.6 Å². The molecule has 2 rings (SSSR count). The van der Waals surface area contributed by atoms with Crippen LogP contribution in [0.25, 0.3) is 0 Å². The number of aromatic amines is 1. The van der Waals surface area contributed by atoms with Gasteiger partial charge in [-0.25, -0.2) is 22.9 Å². The number of hydrogen-bond acceptors (Lipinski definition) is 5. The lowest BCUT2D eigenvalue weighted by molar-refractivity contribution is 0.0691. The number of H-pyrrole nitrogens is 1. The van der Waals surface area contributed by atoms with Crippen LogP contribution in [0, 0.1) is 6.92 Å². The summed E-state index contributed by atoms with van der Waals surface area (Å²) in [6.45, 7) is 3.51. The largest absolute Gasteiger partial charge is 0.477 e. The first-order chi connectivity index (χ1) is 9.29. The molecule has 2 aromatic heterocycles. The van der Waals surface area contributed by atoms with Gasteiger partial charge in [0.15, 0.2) is 0 Å². The van der Waals surface area contributed by atoms with Gasteiger partial charge in [-0.05, 0) is 19.9 Å². The summed E-state index contributed by atoms with van der Waals surface area (Å²) >= 11 is 1.36. The Kier molecular flexibility index (Phi) is 3.93. The number of sulfonamides is 1. The number of aromatic nitrogens is 2. The number of thiazole rings is 1. The molecule has 2 heterocycles. The number of hydrogen-bond donors (Lipinski definition) is 3. The minimum Gasteiger partial charge on any atom is -0.477 e. The van der Waals surface area contributed by atoms with Crippen LogP contribution in [0.5, 0.6) is 0 Å². The molecule has 7 nitrogen and oxygen atoms in total. The van der Waals surface area contributed by atoms with E-state index < -0.39 is 22.0 Å². The molecule has 1 unspecified atom stereocenters. The zero-order valence-electron chi connectivity index (χ0n) is 10.7. The summed E-state index contributed by atoms with van der Waals surface area (Å²) in [5, 5.41) is 11.3. The minimum absolute atomic E-state index is 0.116. The molecule has 1 atom stereocenters. The molecule has 0 aromatic carbocycles. The third-order valence-corrected chi connectivity index (χ3v) is 5.20. The Hall–Kier alpha value is -1.71. The molecule has 0 radical (unpaired) electrons. The van der Waals surface area contributed by atoms with Crippen molar-refractivity contribution in [1.82, 2.24) is 14.7 Å². The zero-order valence-corrected chi connectivity index (χ0v) is 12.4. The average Bonchev–Trinajstić information content (AvgIpc) is 2.96. The number of nitrogens with zero attached hydrogens (tertiary/aromatic N) is 1. The van der Waals surface area contributed by atoms with E-state index in [0.29, 0.717) is 5.01 Å². The molecule has 0 aliphatic carbocycles. The van der Waals surface area contributed by atoms with Crippen molar-refractivity contribution < 1.29 is 18.3 Å². The number of carboxylic acid groups (broad SMARTS) is 1. The molecule has 0 bridgehead atoms. The lowest BCUT2D eigenvalue weighted by atomic mass is 10.4. The lowest BCUT2D eigenvalue weighted by Crippen LogP contribution is -2.26. The molecule has 9 heteroatoms. The maximum Gasteiger partial charge on any atom is 0.352 e. The Balaban J connectivity index is 2.20. The van der Waals surface area contributed by atoms with Gasteiger partial charge in [-0.3, -0.25) is 0 Å². The second-order valence-corrected chi connectivity index (χ2v) is 6.83. The maximum atomic E-state index is 12.1. The molecule has 0 aliphatic heterocycles. The van der Waals surface area contributed by atoms with Crippen molar-refractivity contribution in [2.45, 2.75) is 24.8 Å². The van der Waals surface area contributed by atoms with Crippen molar-refractivity contribution in [3.05, 3.63) is 34.0 Å². The second-order valence-electron chi connectivity index (χ2n) is 4.22. The fourth-order valence-electron chi connectivity index (χ4n) is 1.58. The molecule has 0 amide bonds. The van der Waals surface area contributed by atoms with Crippen molar-refractivity contribution in [3.8, 4) is 0 Å². The van der Waals surface area contributed by atoms with Crippen LogP contribution in [0.1, 0.15) is 34.2 Å². The Bertz CT molecular complexity index is 732. The van der Waals surface area contributed by atoms with Gasteiger partial charge < -0.3 is 10.1 Å². The fourth-order valence-corrected chi connectivity index (χ4v) is 3.65. The van der Waals surface area contributed by atoms with Crippen LogP contribution in [-0.4, -0.2) is 29.5 Å². The molecule has 0 aliphatic rings. The number of aryl methyl sites for hydroxylation is 1. The first-order valence-electron chi connectivity index (χ1n) is 5.65. The first kappa shape index (κ1) is 14.7. The topological polar surface area (TPSA) is 112 Å². The van der Waals surface area contributed by atoms with E-state index in [1.54, 1.807) is 6.92 Å². The lowest BCUT2D eigenvalue weighted by Gasteiger charge is -2.10. The number of rotatable bonds is 5. The summed E-state index contributed by atoms with van der Waals surface area (Å²) in [4.78, 5) is 17.2. The van der Waals surface area contributed by atoms with E-state index in [4.69, 9.17) is 5.11 Å². The van der Waals surface area contributed by atoms with Crippen molar-refractivity contribution in [3.63, 3.8) is 0 Å². The molecular formula is C11H13N3O4S2. The van der Waals surface area contributed by atoms with Crippen LogP contribution >= 0.6 is 11.3 Å². The van der Waals surface area contributed by atoms with Crippen LogP contribution in [0.2, 0.25) is 0 Å². The molecular weight excluding hydrogens is 302 g/mol. The summed E-state index contributed by atoms with van der Waals surface area (Å²) < 4.78 is 26.7. The van der Waals surface area contributed by atoms with E-state index in [9.17, 15) is 13.2 Å². The second kappa shape index (κ2) is 5.35. The van der Waals surface area contributed by atoms with Gasteiger partial charge in [0.25, 0.3) is 0 Å². The van der Waals surface area contributed by atoms with Gasteiger partial charge in [0.05, 0.1) is 6.04 Å². The zero-order chi connectivity index (χ0) is 14.9. The van der Waals surface area contributed by atoms with E-state index in [1.807, 2.05) is 12.3 Å². The smallest absolute Gasteiger partial charge is 0.352 e. The van der Waals surface area contributed by atoms with Crippen LogP contribution < -0.4 is 4.72 Å². The molecule has 3 N–H and O–H groups in total. The molecule has 0 saturated carbocycles. The van der Waals surface area contributed by atoms with E-state index in [-0.39, 0.29) is 10.6 Å². The van der Waals surface area contributed by atoms with Crippen LogP contribution in [0.4, 0.5) is 0 Å². The maximum absolute atomic E-state index is 12.1. The van der Waals surface area contributed by atoms with E-state index in [2.05, 4.69) is 14.7 Å². The van der Waals surface area contributed by atoms with E-state index in [1.165, 1.54) is 11.3 Å². The highest BCUT2D eigenvalue weighted by molar-refractivity contribution is 7.89. The highest BCUT2D eigenvalue weighted by Gasteiger charge is 2.22. The van der Waals surface area contributed by atoms with Gasteiger partial charge in [-0.2, -0.15) is 0 Å². The predicted octanol–water partition coefficient (Wildman–Crippen LogP) is 1.52. The van der Waals surface area contributed by atoms with Crippen LogP contribution in [0.15, 0.2) is 22.5 Å². The summed E-state index contributed by atoms with van der Waals surface area (Å²) in [6.07, 6.45) is 1.14. The molecule has 0 fully saturated rings. The van der Waals surface area contributed by atoms with E-state index in [0.717, 1.165) is 18.0 Å². The van der Waals surface area contributed by atoms with Crippen molar-refractivity contribution >= 4 is 27.3 Å². The number of nitrogens with one attached hydrogen (secondary N) is 2. The first-order valence-corrected chi connectivity index (χ1v) is 8.02. The van der Waals surface area contributed by atoms with Gasteiger partial charge in [-0.1, -0.05) is 0 Å². The standard InChI is InChI=1S/C11H13N3O4S2/c1-6-5-19-10(13-6)7(2)14-20(17,18)8-3-9(11(15)16)12-4-8/h3-5,7,12,14H,1-2H3,(H,15,16). The van der Waals surface area contributed by atoms with Crippen LogP contribution in [-0.2, 0) is 10.0 Å². The number of carbonyl (C=O) groups is 1. The minimum atomic E-state index is -3.79. The molecule has 20 heavy (non-hydrogen) atoms. The van der Waals surface area contributed by atoms with Crippen molar-refractivity contribution in [1.29, 1.82) is 0 Å². The third-order valence-electron chi connectivity index (χ3n) is 2.54. The Morgan fingerprint density at radius 2 is 2.25 bits per heavy atom. The SMILES string of the molecule is Cc1csc(C(C)NS(=O)(=O)c2c[nH]c(C(=O)O)c2)n1. The van der Waals surface area contributed by atoms with Gasteiger partial charge in [-0.15, -0.1) is 11.3 Å². The quantitative estimate of drug-likeness (QED) is 0.774. The van der Waals surface area contributed by atoms with Crippen molar-refractivity contribution in [2.24, 2.45) is 0 Å². The van der Waals surface area contributed by atoms with Crippen LogP contribution in [0.3, 0.4) is 0 Å². The summed E-state index contributed by atoms with van der Waals surface area (Å²) in [5.74, 6) is -1.21. The van der Waals surface area contributed by atoms with Gasteiger partial charge in [0.2, 0.25) is 10.0 Å². The normalized spacial score (nSPS) is 13.3. The molecule has 0 saturated heterocycles. The fraction of sp³-hybridized carbons (Fsp3) is 0.273. The summed E-state index contributed by atoms with van der Waals surface area (Å²) in [7, 11) is -3.79. The Morgan fingerprint density at radius 3 is 2.75 bits per heavy atom. The Morgan fingerprint density at radius 1 is 1.55 bits per heavy atom. The summed E-state index contributed by atoms with van der Waals surface area (Å²) in [6, 6.07) is 0.590. The Labute approximate surface area is 119 Å². The monoisotopic (exact) mass is 315 g/mol. The van der Waals surface area contributed by atoms with Gasteiger partial charge >= 0.3 is 5.97 Å². The number of carboxylic acids is 1. The van der Waals surface area contributed by atoms with E-state index >= 15 is 0 Å². The highest BCUT2D eigenvalue weighted by atomic mass is 32.2. The average molecular weight is 315 g/mol. The third kappa shape index (κ3) is 3.06. The molecule has 0 spiro atoms. The van der Waals surface area contributed by atoms with Gasteiger partial charge in [0, 0.05) is 17.3 Å².